The van der Waals surface area contributed by atoms with E-state index in [2.05, 4.69) is 24.0 Å². The number of aromatic nitrogens is 2. The van der Waals surface area contributed by atoms with E-state index < -0.39 is 0 Å². The summed E-state index contributed by atoms with van der Waals surface area (Å²) < 4.78 is 7.62. The smallest absolute Gasteiger partial charge is 0.0689 e. The molecule has 1 aromatic heterocycles. The fraction of sp³-hybridized carbons (Fsp3) is 0.800. The molecule has 3 rings (SSSR count). The van der Waals surface area contributed by atoms with Crippen molar-refractivity contribution in [3.63, 3.8) is 0 Å². The number of rotatable bonds is 2. The Hall–Kier alpha value is -0.870. The van der Waals surface area contributed by atoms with Crippen LogP contribution in [-0.4, -0.2) is 36.1 Å². The Morgan fingerprint density at radius 3 is 2.47 bits per heavy atom. The summed E-state index contributed by atoms with van der Waals surface area (Å²) in [5, 5.41) is 8.30. The van der Waals surface area contributed by atoms with Crippen LogP contribution in [-0.2, 0) is 11.8 Å². The first-order valence-corrected chi connectivity index (χ1v) is 7.59. The predicted molar refractivity (Wildman–Crippen MR) is 75.6 cm³/mol. The second-order valence-corrected chi connectivity index (χ2v) is 5.93. The zero-order valence-electron chi connectivity index (χ0n) is 12.1. The molecule has 0 bridgehead atoms. The Bertz CT molecular complexity index is 429. The van der Waals surface area contributed by atoms with Gasteiger partial charge in [0, 0.05) is 37.8 Å². The van der Waals surface area contributed by atoms with Crippen LogP contribution in [0, 0.1) is 6.92 Å². The third kappa shape index (κ3) is 2.56. The van der Waals surface area contributed by atoms with Crippen molar-refractivity contribution < 1.29 is 4.74 Å². The molecule has 0 atom stereocenters. The first-order valence-electron chi connectivity index (χ1n) is 7.59. The van der Waals surface area contributed by atoms with Crippen LogP contribution in [0.25, 0.3) is 0 Å². The highest BCUT2D eigenvalue weighted by Crippen LogP contribution is 2.34. The number of aryl methyl sites for hydroxylation is 1. The van der Waals surface area contributed by atoms with Crippen LogP contribution in [0.4, 0.5) is 0 Å². The molecule has 0 amide bonds. The van der Waals surface area contributed by atoms with Crippen LogP contribution in [0.15, 0.2) is 0 Å². The molecule has 0 spiro atoms. The molecule has 4 heteroatoms. The van der Waals surface area contributed by atoms with Gasteiger partial charge in [0.2, 0.25) is 0 Å². The highest BCUT2D eigenvalue weighted by molar-refractivity contribution is 5.31. The lowest BCUT2D eigenvalue weighted by atomic mass is 9.88. The van der Waals surface area contributed by atoms with E-state index in [9.17, 15) is 0 Å². The van der Waals surface area contributed by atoms with Gasteiger partial charge in [0.1, 0.15) is 0 Å². The van der Waals surface area contributed by atoms with Crippen LogP contribution in [0.2, 0.25) is 0 Å². The first kappa shape index (κ1) is 13.1. The van der Waals surface area contributed by atoms with Gasteiger partial charge in [-0.2, -0.15) is 5.10 Å². The van der Waals surface area contributed by atoms with Gasteiger partial charge >= 0.3 is 0 Å². The summed E-state index contributed by atoms with van der Waals surface area (Å²) in [7, 11) is 2.12. The lowest BCUT2D eigenvalue weighted by Gasteiger charge is -2.24. The van der Waals surface area contributed by atoms with Crippen molar-refractivity contribution >= 4 is 0 Å². The van der Waals surface area contributed by atoms with Crippen LogP contribution < -0.4 is 5.32 Å². The highest BCUT2D eigenvalue weighted by atomic mass is 16.5. The molecular formula is C15H25N3O. The van der Waals surface area contributed by atoms with Crippen LogP contribution in [0.1, 0.15) is 54.5 Å². The first-order chi connectivity index (χ1) is 9.27. The molecule has 0 aromatic carbocycles. The maximum Gasteiger partial charge on any atom is 0.0689 e. The number of piperidine rings is 1. The predicted octanol–water partition coefficient (Wildman–Crippen LogP) is 2.09. The molecule has 4 nitrogen and oxygen atoms in total. The summed E-state index contributed by atoms with van der Waals surface area (Å²) in [5.74, 6) is 1.29. The van der Waals surface area contributed by atoms with Crippen molar-refractivity contribution in [2.75, 3.05) is 26.3 Å². The molecule has 2 aliphatic heterocycles. The number of ether oxygens (including phenoxy) is 1. The molecule has 2 fully saturated rings. The maximum atomic E-state index is 5.47. The van der Waals surface area contributed by atoms with Gasteiger partial charge < -0.3 is 10.1 Å². The number of nitrogens with zero attached hydrogens (tertiary/aromatic N) is 2. The van der Waals surface area contributed by atoms with Crippen LogP contribution in [0.5, 0.6) is 0 Å². The van der Waals surface area contributed by atoms with Crippen molar-refractivity contribution in [2.45, 2.75) is 44.4 Å². The minimum Gasteiger partial charge on any atom is -0.381 e. The van der Waals surface area contributed by atoms with Crippen molar-refractivity contribution in [2.24, 2.45) is 7.05 Å². The van der Waals surface area contributed by atoms with Gasteiger partial charge in [-0.15, -0.1) is 0 Å². The number of hydrogen-bond donors (Lipinski definition) is 1. The molecule has 0 saturated carbocycles. The van der Waals surface area contributed by atoms with E-state index >= 15 is 0 Å². The molecule has 2 saturated heterocycles. The molecule has 0 aliphatic carbocycles. The van der Waals surface area contributed by atoms with E-state index in [1.165, 1.54) is 29.8 Å². The van der Waals surface area contributed by atoms with Gasteiger partial charge in [-0.25, -0.2) is 0 Å². The van der Waals surface area contributed by atoms with Gasteiger partial charge in [-0.05, 0) is 51.3 Å². The van der Waals surface area contributed by atoms with Gasteiger partial charge in [-0.1, -0.05) is 0 Å². The molecule has 0 radical (unpaired) electrons. The highest BCUT2D eigenvalue weighted by Gasteiger charge is 2.27. The van der Waals surface area contributed by atoms with Crippen molar-refractivity contribution in [3.05, 3.63) is 17.0 Å². The minimum absolute atomic E-state index is 0.607. The lowest BCUT2D eigenvalue weighted by molar-refractivity contribution is 0.0843. The average Bonchev–Trinajstić information content (AvgIpc) is 2.76. The molecule has 106 valence electrons. The van der Waals surface area contributed by atoms with Crippen LogP contribution >= 0.6 is 0 Å². The Labute approximate surface area is 115 Å². The summed E-state index contributed by atoms with van der Waals surface area (Å²) in [6, 6.07) is 0. The van der Waals surface area contributed by atoms with E-state index in [1.807, 2.05) is 0 Å². The third-order valence-corrected chi connectivity index (χ3v) is 4.71. The second kappa shape index (κ2) is 5.63. The minimum atomic E-state index is 0.607. The van der Waals surface area contributed by atoms with E-state index in [0.717, 1.165) is 39.1 Å². The summed E-state index contributed by atoms with van der Waals surface area (Å²) in [4.78, 5) is 0. The molecule has 2 aliphatic rings. The zero-order valence-corrected chi connectivity index (χ0v) is 12.1. The van der Waals surface area contributed by atoms with Gasteiger partial charge in [-0.3, -0.25) is 4.68 Å². The molecule has 3 heterocycles. The number of hydrogen-bond acceptors (Lipinski definition) is 3. The maximum absolute atomic E-state index is 5.47. The second-order valence-electron chi connectivity index (χ2n) is 5.93. The van der Waals surface area contributed by atoms with E-state index in [0.29, 0.717) is 11.8 Å². The summed E-state index contributed by atoms with van der Waals surface area (Å²) in [5.41, 5.74) is 4.25. The Balaban J connectivity index is 1.86. The lowest BCUT2D eigenvalue weighted by Crippen LogP contribution is -2.27. The third-order valence-electron chi connectivity index (χ3n) is 4.71. The summed E-state index contributed by atoms with van der Waals surface area (Å²) in [6.45, 7) is 6.34. The van der Waals surface area contributed by atoms with E-state index in [4.69, 9.17) is 9.84 Å². The number of nitrogens with one attached hydrogen (secondary N) is 1. The summed E-state index contributed by atoms with van der Waals surface area (Å²) in [6.07, 6.45) is 4.74. The van der Waals surface area contributed by atoms with Crippen molar-refractivity contribution in [1.29, 1.82) is 0 Å². The van der Waals surface area contributed by atoms with Crippen LogP contribution in [0.3, 0.4) is 0 Å². The molecule has 19 heavy (non-hydrogen) atoms. The Kier molecular flexibility index (Phi) is 3.89. The quantitative estimate of drug-likeness (QED) is 0.888. The zero-order chi connectivity index (χ0) is 13.2. The van der Waals surface area contributed by atoms with Gasteiger partial charge in [0.25, 0.3) is 0 Å². The molecule has 1 aromatic rings. The fourth-order valence-corrected chi connectivity index (χ4v) is 3.69. The Morgan fingerprint density at radius 1 is 1.11 bits per heavy atom. The Morgan fingerprint density at radius 2 is 1.79 bits per heavy atom. The van der Waals surface area contributed by atoms with Gasteiger partial charge in [0.15, 0.2) is 0 Å². The largest absolute Gasteiger partial charge is 0.381 e. The monoisotopic (exact) mass is 263 g/mol. The SMILES string of the molecule is Cc1c(C2CCOCC2)nn(C)c1C1CCNCC1. The fourth-order valence-electron chi connectivity index (χ4n) is 3.69. The average molecular weight is 263 g/mol. The molecule has 1 N–H and O–H groups in total. The van der Waals surface area contributed by atoms with Crippen molar-refractivity contribution in [1.82, 2.24) is 15.1 Å². The van der Waals surface area contributed by atoms with E-state index in [1.54, 1.807) is 0 Å². The molecule has 0 unspecified atom stereocenters. The summed E-state index contributed by atoms with van der Waals surface area (Å²) >= 11 is 0. The molecular weight excluding hydrogens is 238 g/mol. The standard InChI is InChI=1S/C15H25N3O/c1-11-14(12-5-9-19-10-6-12)17-18(2)15(11)13-3-7-16-8-4-13/h12-13,16H,3-10H2,1-2H3. The van der Waals surface area contributed by atoms with Crippen molar-refractivity contribution in [3.8, 4) is 0 Å². The topological polar surface area (TPSA) is 39.1 Å². The normalized spacial score (nSPS) is 22.8. The van der Waals surface area contributed by atoms with Gasteiger partial charge in [0.05, 0.1) is 5.69 Å². The van der Waals surface area contributed by atoms with E-state index in [-0.39, 0.29) is 0 Å².